The Labute approximate surface area is 92.0 Å². The fourth-order valence-corrected chi connectivity index (χ4v) is 2.31. The van der Waals surface area contributed by atoms with Gasteiger partial charge >= 0.3 is 5.97 Å². The zero-order valence-corrected chi connectivity index (χ0v) is 9.11. The van der Waals surface area contributed by atoms with E-state index in [-0.39, 0.29) is 10.5 Å². The Morgan fingerprint density at radius 3 is 2.88 bits per heavy atom. The van der Waals surface area contributed by atoms with Crippen molar-refractivity contribution < 1.29 is 17.9 Å². The molecule has 2 rings (SSSR count). The van der Waals surface area contributed by atoms with Gasteiger partial charge in [-0.25, -0.2) is 9.63 Å². The average molecular weight is 240 g/mol. The topological polar surface area (TPSA) is 84.8 Å². The van der Waals surface area contributed by atoms with Crippen molar-refractivity contribution in [2.45, 2.75) is 4.90 Å². The first-order valence-corrected chi connectivity index (χ1v) is 5.80. The van der Waals surface area contributed by atoms with Crippen LogP contribution in [0.3, 0.4) is 0 Å². The number of fused-ring (bicyclic) bond motifs is 1. The summed E-state index contributed by atoms with van der Waals surface area (Å²) in [6.07, 6.45) is 1.34. The standard InChI is InChI=1S/C9H8N2O4S/c1-15-9(12)6-2-3-8-7(4-6)5-10-11-16(8,13)14/h2-5,11H,1H3. The van der Waals surface area contributed by atoms with Crippen LogP contribution in [0.4, 0.5) is 0 Å². The van der Waals surface area contributed by atoms with Crippen molar-refractivity contribution in [3.8, 4) is 0 Å². The van der Waals surface area contributed by atoms with Crippen LogP contribution in [0.25, 0.3) is 0 Å². The number of hydrazone groups is 1. The number of rotatable bonds is 1. The first-order chi connectivity index (χ1) is 7.54. The van der Waals surface area contributed by atoms with Gasteiger partial charge in [-0.1, -0.05) is 0 Å². The summed E-state index contributed by atoms with van der Waals surface area (Å²) in [5.74, 6) is -0.521. The molecule has 0 saturated heterocycles. The molecule has 16 heavy (non-hydrogen) atoms. The Kier molecular flexibility index (Phi) is 2.39. The van der Waals surface area contributed by atoms with Crippen LogP contribution >= 0.6 is 0 Å². The molecule has 0 saturated carbocycles. The highest BCUT2D eigenvalue weighted by Crippen LogP contribution is 2.18. The monoisotopic (exact) mass is 240 g/mol. The lowest BCUT2D eigenvalue weighted by atomic mass is 10.1. The van der Waals surface area contributed by atoms with E-state index in [1.54, 1.807) is 0 Å². The minimum Gasteiger partial charge on any atom is -0.465 e. The molecular formula is C9H8N2O4S. The van der Waals surface area contributed by atoms with E-state index in [0.29, 0.717) is 5.56 Å². The van der Waals surface area contributed by atoms with Gasteiger partial charge in [0.1, 0.15) is 0 Å². The number of nitrogens with zero attached hydrogens (tertiary/aromatic N) is 1. The van der Waals surface area contributed by atoms with Gasteiger partial charge in [-0.2, -0.15) is 13.5 Å². The van der Waals surface area contributed by atoms with Crippen molar-refractivity contribution in [1.29, 1.82) is 0 Å². The number of hydrogen-bond donors (Lipinski definition) is 1. The summed E-state index contributed by atoms with van der Waals surface area (Å²) < 4.78 is 27.5. The Balaban J connectivity index is 2.58. The first-order valence-electron chi connectivity index (χ1n) is 4.32. The summed E-state index contributed by atoms with van der Waals surface area (Å²) in [4.78, 5) is 13.3. The number of benzene rings is 1. The molecule has 0 aromatic heterocycles. The summed E-state index contributed by atoms with van der Waals surface area (Å²) in [6.45, 7) is 0. The minimum absolute atomic E-state index is 0.0927. The molecule has 0 amide bonds. The third kappa shape index (κ3) is 1.65. The highest BCUT2D eigenvalue weighted by atomic mass is 32.2. The number of nitrogens with one attached hydrogen (secondary N) is 1. The van der Waals surface area contributed by atoms with Gasteiger partial charge in [0.15, 0.2) is 0 Å². The van der Waals surface area contributed by atoms with Gasteiger partial charge in [-0.15, -0.1) is 0 Å². The lowest BCUT2D eigenvalue weighted by molar-refractivity contribution is 0.0600. The molecule has 0 radical (unpaired) electrons. The highest BCUT2D eigenvalue weighted by molar-refractivity contribution is 7.89. The highest BCUT2D eigenvalue weighted by Gasteiger charge is 2.21. The van der Waals surface area contributed by atoms with Crippen LogP contribution in [0.1, 0.15) is 15.9 Å². The van der Waals surface area contributed by atoms with Gasteiger partial charge in [0.05, 0.1) is 23.8 Å². The van der Waals surface area contributed by atoms with E-state index in [4.69, 9.17) is 0 Å². The van der Waals surface area contributed by atoms with E-state index in [1.165, 1.54) is 31.5 Å². The van der Waals surface area contributed by atoms with Crippen molar-refractivity contribution in [2.75, 3.05) is 7.11 Å². The Hall–Kier alpha value is -1.89. The molecule has 1 aromatic rings. The number of carbonyl (C=O) groups is 1. The molecule has 1 aliphatic rings. The van der Waals surface area contributed by atoms with Crippen LogP contribution in [0.15, 0.2) is 28.2 Å². The molecule has 0 aliphatic carbocycles. The second kappa shape index (κ2) is 3.60. The van der Waals surface area contributed by atoms with E-state index >= 15 is 0 Å². The van der Waals surface area contributed by atoms with Crippen LogP contribution in [0.2, 0.25) is 0 Å². The number of carbonyl (C=O) groups excluding carboxylic acids is 1. The summed E-state index contributed by atoms with van der Waals surface area (Å²) in [5, 5.41) is 3.48. The largest absolute Gasteiger partial charge is 0.465 e. The van der Waals surface area contributed by atoms with Crippen molar-refractivity contribution in [1.82, 2.24) is 4.83 Å². The predicted molar refractivity (Wildman–Crippen MR) is 55.7 cm³/mol. The van der Waals surface area contributed by atoms with Gasteiger partial charge < -0.3 is 4.74 Å². The average Bonchev–Trinajstić information content (AvgIpc) is 2.27. The van der Waals surface area contributed by atoms with E-state index in [2.05, 4.69) is 9.84 Å². The molecule has 1 aromatic carbocycles. The lowest BCUT2D eigenvalue weighted by Gasteiger charge is -2.12. The van der Waals surface area contributed by atoms with Gasteiger partial charge in [-0.3, -0.25) is 0 Å². The quantitative estimate of drug-likeness (QED) is 0.705. The van der Waals surface area contributed by atoms with Crippen LogP contribution in [0, 0.1) is 0 Å². The Morgan fingerprint density at radius 1 is 1.44 bits per heavy atom. The summed E-state index contributed by atoms with van der Waals surface area (Å²) in [6, 6.07) is 4.15. The van der Waals surface area contributed by atoms with Gasteiger partial charge in [0.2, 0.25) is 0 Å². The SMILES string of the molecule is COC(=O)c1ccc2c(c1)C=NNS2(=O)=O. The molecular weight excluding hydrogens is 232 g/mol. The second-order valence-electron chi connectivity index (χ2n) is 3.10. The molecule has 1 heterocycles. The smallest absolute Gasteiger partial charge is 0.337 e. The molecule has 1 aliphatic heterocycles. The fourth-order valence-electron chi connectivity index (χ4n) is 1.35. The van der Waals surface area contributed by atoms with E-state index in [0.717, 1.165) is 0 Å². The molecule has 0 atom stereocenters. The van der Waals surface area contributed by atoms with Crippen molar-refractivity contribution >= 4 is 22.2 Å². The molecule has 84 valence electrons. The first kappa shape index (κ1) is 10.6. The maximum atomic E-state index is 11.5. The van der Waals surface area contributed by atoms with Crippen LogP contribution in [0.5, 0.6) is 0 Å². The third-order valence-corrected chi connectivity index (χ3v) is 3.39. The van der Waals surface area contributed by atoms with E-state index in [9.17, 15) is 13.2 Å². The summed E-state index contributed by atoms with van der Waals surface area (Å²) >= 11 is 0. The number of esters is 1. The van der Waals surface area contributed by atoms with Crippen molar-refractivity contribution in [3.63, 3.8) is 0 Å². The van der Waals surface area contributed by atoms with Crippen LogP contribution in [-0.2, 0) is 14.8 Å². The number of methoxy groups -OCH3 is 1. The van der Waals surface area contributed by atoms with Gasteiger partial charge in [-0.05, 0) is 18.2 Å². The summed E-state index contributed by atoms with van der Waals surface area (Å²) in [5.41, 5.74) is 0.645. The van der Waals surface area contributed by atoms with Gasteiger partial charge in [0.25, 0.3) is 10.0 Å². The van der Waals surface area contributed by atoms with Crippen LogP contribution < -0.4 is 4.83 Å². The third-order valence-electron chi connectivity index (χ3n) is 2.10. The van der Waals surface area contributed by atoms with Gasteiger partial charge in [0, 0.05) is 5.56 Å². The normalized spacial score (nSPS) is 16.1. The lowest BCUT2D eigenvalue weighted by Crippen LogP contribution is -2.24. The number of hydrogen-bond acceptors (Lipinski definition) is 5. The molecule has 7 heteroatoms. The molecule has 1 N–H and O–H groups in total. The zero-order chi connectivity index (χ0) is 11.8. The Bertz CT molecular complexity index is 577. The molecule has 0 spiro atoms. The van der Waals surface area contributed by atoms with Crippen molar-refractivity contribution in [2.24, 2.45) is 5.10 Å². The zero-order valence-electron chi connectivity index (χ0n) is 8.30. The number of sulfonamides is 1. The molecule has 0 unspecified atom stereocenters. The maximum Gasteiger partial charge on any atom is 0.337 e. The summed E-state index contributed by atoms with van der Waals surface area (Å²) in [7, 11) is -2.33. The predicted octanol–water partition coefficient (Wildman–Crippen LogP) is 0.0990. The maximum absolute atomic E-state index is 11.5. The minimum atomic E-state index is -3.59. The molecule has 0 bridgehead atoms. The van der Waals surface area contributed by atoms with Crippen molar-refractivity contribution in [3.05, 3.63) is 29.3 Å². The molecule has 6 nitrogen and oxygen atoms in total. The van der Waals surface area contributed by atoms with E-state index < -0.39 is 16.0 Å². The fraction of sp³-hybridized carbons (Fsp3) is 0.111. The molecule has 0 fully saturated rings. The Morgan fingerprint density at radius 2 is 2.19 bits per heavy atom. The van der Waals surface area contributed by atoms with Crippen LogP contribution in [-0.4, -0.2) is 27.7 Å². The number of ether oxygens (including phenoxy) is 1. The second-order valence-corrected chi connectivity index (χ2v) is 4.73. The van der Waals surface area contributed by atoms with E-state index in [1.807, 2.05) is 4.83 Å².